The van der Waals surface area contributed by atoms with E-state index >= 15 is 0 Å². The van der Waals surface area contributed by atoms with E-state index in [2.05, 4.69) is 21.2 Å². The minimum Gasteiger partial charge on any atom is -0.328 e. The summed E-state index contributed by atoms with van der Waals surface area (Å²) in [5.41, 5.74) is 1.55. The molecule has 0 unspecified atom stereocenters. The molecule has 0 atom stereocenters. The van der Waals surface area contributed by atoms with Gasteiger partial charge in [-0.2, -0.15) is 0 Å². The Morgan fingerprint density at radius 2 is 2.05 bits per heavy atom. The van der Waals surface area contributed by atoms with Gasteiger partial charge in [-0.3, -0.25) is 9.69 Å². The van der Waals surface area contributed by atoms with Gasteiger partial charge >= 0.3 is 0 Å². The molecule has 21 heavy (non-hydrogen) atoms. The van der Waals surface area contributed by atoms with E-state index in [0.29, 0.717) is 10.8 Å². The third-order valence-electron chi connectivity index (χ3n) is 4.01. The van der Waals surface area contributed by atoms with E-state index in [1.54, 1.807) is 4.90 Å². The molecule has 1 heterocycles. The lowest BCUT2D eigenvalue weighted by Gasteiger charge is -2.29. The zero-order valence-corrected chi connectivity index (χ0v) is 14.0. The van der Waals surface area contributed by atoms with E-state index in [4.69, 9.17) is 12.2 Å². The summed E-state index contributed by atoms with van der Waals surface area (Å²) in [6, 6.07) is 8.13. The third-order valence-corrected chi connectivity index (χ3v) is 4.80. The molecule has 0 aromatic heterocycles. The van der Waals surface area contributed by atoms with E-state index in [-0.39, 0.29) is 11.9 Å². The molecule has 1 saturated carbocycles. The van der Waals surface area contributed by atoms with E-state index in [1.165, 1.54) is 19.3 Å². The Morgan fingerprint density at radius 1 is 1.29 bits per heavy atom. The smallest absolute Gasteiger partial charge is 0.276 e. The molecule has 1 aromatic carbocycles. The van der Waals surface area contributed by atoms with Gasteiger partial charge in [0.2, 0.25) is 0 Å². The maximum Gasteiger partial charge on any atom is 0.276 e. The van der Waals surface area contributed by atoms with E-state index in [9.17, 15) is 4.79 Å². The number of benzene rings is 1. The lowest BCUT2D eigenvalue weighted by atomic mass is 9.94. The fourth-order valence-corrected chi connectivity index (χ4v) is 3.74. The van der Waals surface area contributed by atoms with Gasteiger partial charge in [-0.1, -0.05) is 47.3 Å². The summed E-state index contributed by atoms with van der Waals surface area (Å²) in [4.78, 5) is 14.4. The molecule has 0 radical (unpaired) electrons. The number of halogens is 1. The lowest BCUT2D eigenvalue weighted by molar-refractivity contribution is -0.124. The molecule has 1 N–H and O–H groups in total. The minimum absolute atomic E-state index is 0.00637. The van der Waals surface area contributed by atoms with Gasteiger partial charge in [0.05, 0.1) is 0 Å². The van der Waals surface area contributed by atoms with Crippen LogP contribution in [0.25, 0.3) is 6.08 Å². The summed E-state index contributed by atoms with van der Waals surface area (Å²) < 4.78 is 0.994. The number of hydrogen-bond acceptors (Lipinski definition) is 2. The summed E-state index contributed by atoms with van der Waals surface area (Å²) in [6.07, 6.45) is 7.60. The average molecular weight is 365 g/mol. The standard InChI is InChI=1S/C16H17BrN2OS/c17-12-6-4-5-11(9-12)10-14-15(20)19(16(21)18-14)13-7-2-1-3-8-13/h4-6,9-10,13H,1-3,7-8H2,(H,18,21)/b14-10-. The molecule has 110 valence electrons. The van der Waals surface area contributed by atoms with Crippen molar-refractivity contribution < 1.29 is 4.79 Å². The monoisotopic (exact) mass is 364 g/mol. The zero-order chi connectivity index (χ0) is 14.8. The van der Waals surface area contributed by atoms with Gasteiger partial charge in [0.1, 0.15) is 5.70 Å². The summed E-state index contributed by atoms with van der Waals surface area (Å²) in [5, 5.41) is 3.62. The Hall–Kier alpha value is -1.20. The molecule has 1 aromatic rings. The molecular formula is C16H17BrN2OS. The average Bonchev–Trinajstić information content (AvgIpc) is 2.74. The number of rotatable bonds is 2. The van der Waals surface area contributed by atoms with Gasteiger partial charge in [-0.25, -0.2) is 0 Å². The van der Waals surface area contributed by atoms with Crippen LogP contribution in [0.3, 0.4) is 0 Å². The van der Waals surface area contributed by atoms with Crippen LogP contribution in [0.4, 0.5) is 0 Å². The van der Waals surface area contributed by atoms with Gasteiger partial charge in [0, 0.05) is 10.5 Å². The number of nitrogens with one attached hydrogen (secondary N) is 1. The van der Waals surface area contributed by atoms with E-state index in [1.807, 2.05) is 30.3 Å². The highest BCUT2D eigenvalue weighted by Crippen LogP contribution is 2.27. The molecule has 1 aliphatic carbocycles. The SMILES string of the molecule is O=C1/C(=C/c2cccc(Br)c2)NC(=S)N1C1CCCCC1. The third kappa shape index (κ3) is 3.19. The normalized spacial score (nSPS) is 22.0. The number of hydrogen-bond donors (Lipinski definition) is 1. The molecule has 0 spiro atoms. The first-order chi connectivity index (χ1) is 10.1. The molecule has 2 aliphatic rings. The van der Waals surface area contributed by atoms with Gasteiger partial charge < -0.3 is 5.32 Å². The van der Waals surface area contributed by atoms with Gasteiger partial charge in [0.25, 0.3) is 5.91 Å². The van der Waals surface area contributed by atoms with E-state index in [0.717, 1.165) is 22.9 Å². The Balaban J connectivity index is 1.82. The molecule has 1 saturated heterocycles. The predicted octanol–water partition coefficient (Wildman–Crippen LogP) is 3.84. The molecule has 3 nitrogen and oxygen atoms in total. The second-order valence-electron chi connectivity index (χ2n) is 5.51. The van der Waals surface area contributed by atoms with Crippen molar-refractivity contribution in [2.24, 2.45) is 0 Å². The Kier molecular flexibility index (Phi) is 4.40. The van der Waals surface area contributed by atoms with Gasteiger partial charge in [0.15, 0.2) is 5.11 Å². The summed E-state index contributed by atoms with van der Waals surface area (Å²) in [7, 11) is 0. The number of amides is 1. The van der Waals surface area contributed by atoms with Crippen molar-refractivity contribution in [1.82, 2.24) is 10.2 Å². The van der Waals surface area contributed by atoms with Crippen LogP contribution < -0.4 is 5.32 Å². The predicted molar refractivity (Wildman–Crippen MR) is 91.6 cm³/mol. The number of nitrogens with zero attached hydrogens (tertiary/aromatic N) is 1. The molecule has 0 bridgehead atoms. The van der Waals surface area contributed by atoms with Crippen LogP contribution in [-0.4, -0.2) is 22.0 Å². The Morgan fingerprint density at radius 3 is 2.76 bits per heavy atom. The van der Waals surface area contributed by atoms with Crippen LogP contribution in [0.15, 0.2) is 34.4 Å². The Bertz CT molecular complexity index is 608. The first kappa shape index (κ1) is 14.7. The van der Waals surface area contributed by atoms with E-state index < -0.39 is 0 Å². The fourth-order valence-electron chi connectivity index (χ4n) is 2.98. The Labute approximate surface area is 138 Å². The molecule has 2 fully saturated rings. The zero-order valence-electron chi connectivity index (χ0n) is 11.6. The number of carbonyl (C=O) groups is 1. The molecule has 1 aliphatic heterocycles. The van der Waals surface area contributed by atoms with Crippen LogP contribution in [0.2, 0.25) is 0 Å². The minimum atomic E-state index is 0.00637. The first-order valence-corrected chi connectivity index (χ1v) is 8.47. The summed E-state index contributed by atoms with van der Waals surface area (Å²) >= 11 is 8.80. The van der Waals surface area contributed by atoms with Crippen LogP contribution in [0, 0.1) is 0 Å². The van der Waals surface area contributed by atoms with Gasteiger partial charge in [-0.05, 0) is 48.8 Å². The van der Waals surface area contributed by atoms with Gasteiger partial charge in [-0.15, -0.1) is 0 Å². The van der Waals surface area contributed by atoms with Crippen LogP contribution in [0.1, 0.15) is 37.7 Å². The second-order valence-corrected chi connectivity index (χ2v) is 6.81. The van der Waals surface area contributed by atoms with Crippen molar-refractivity contribution in [3.05, 3.63) is 40.0 Å². The number of thiocarbonyl (C=S) groups is 1. The van der Waals surface area contributed by atoms with Crippen LogP contribution >= 0.6 is 28.1 Å². The maximum atomic E-state index is 12.6. The molecule has 3 rings (SSSR count). The largest absolute Gasteiger partial charge is 0.328 e. The van der Waals surface area contributed by atoms with Crippen LogP contribution in [0.5, 0.6) is 0 Å². The molecule has 1 amide bonds. The quantitative estimate of drug-likeness (QED) is 0.639. The summed E-state index contributed by atoms with van der Waals surface area (Å²) in [5.74, 6) is 0.00637. The van der Waals surface area contributed by atoms with Crippen molar-refractivity contribution in [1.29, 1.82) is 0 Å². The number of carbonyl (C=O) groups excluding carboxylic acids is 1. The highest BCUT2D eigenvalue weighted by atomic mass is 79.9. The fraction of sp³-hybridized carbons (Fsp3) is 0.375. The van der Waals surface area contributed by atoms with Crippen molar-refractivity contribution in [3.63, 3.8) is 0 Å². The first-order valence-electron chi connectivity index (χ1n) is 7.27. The highest BCUT2D eigenvalue weighted by Gasteiger charge is 2.36. The van der Waals surface area contributed by atoms with Crippen LogP contribution in [-0.2, 0) is 4.79 Å². The van der Waals surface area contributed by atoms with Crippen molar-refractivity contribution in [2.45, 2.75) is 38.1 Å². The highest BCUT2D eigenvalue weighted by molar-refractivity contribution is 9.10. The maximum absolute atomic E-state index is 12.6. The topological polar surface area (TPSA) is 32.3 Å². The lowest BCUT2D eigenvalue weighted by Crippen LogP contribution is -2.41. The van der Waals surface area contributed by atoms with Crippen molar-refractivity contribution >= 4 is 45.2 Å². The van der Waals surface area contributed by atoms with Crippen molar-refractivity contribution in [2.75, 3.05) is 0 Å². The molecule has 5 heteroatoms. The van der Waals surface area contributed by atoms with Crippen molar-refractivity contribution in [3.8, 4) is 0 Å². The summed E-state index contributed by atoms with van der Waals surface area (Å²) in [6.45, 7) is 0. The molecular weight excluding hydrogens is 348 g/mol. The second kappa shape index (κ2) is 6.28.